The van der Waals surface area contributed by atoms with Crippen molar-refractivity contribution in [2.45, 2.75) is 13.3 Å². The lowest BCUT2D eigenvalue weighted by Gasteiger charge is -2.03. The summed E-state index contributed by atoms with van der Waals surface area (Å²) >= 11 is 1.26. The van der Waals surface area contributed by atoms with E-state index in [4.69, 9.17) is 14.2 Å². The Morgan fingerprint density at radius 2 is 1.93 bits per heavy atom. The number of nitrogens with one attached hydrogen (secondary N) is 1. The number of ether oxygens (including phenoxy) is 3. The molecule has 2 heterocycles. The van der Waals surface area contributed by atoms with Crippen LogP contribution in [0.5, 0.6) is 11.5 Å². The van der Waals surface area contributed by atoms with E-state index in [0.29, 0.717) is 34.5 Å². The minimum atomic E-state index is -0.332. The number of rotatable bonds is 6. The summed E-state index contributed by atoms with van der Waals surface area (Å²) in [5.74, 6) is 0.491. The third kappa shape index (κ3) is 4.22. The zero-order valence-corrected chi connectivity index (χ0v) is 16.5. The molecule has 1 aliphatic rings. The van der Waals surface area contributed by atoms with Crippen LogP contribution in [0.1, 0.15) is 22.2 Å². The minimum Gasteiger partial charge on any atom is -0.466 e. The number of hydrogen-bond donors (Lipinski definition) is 1. The van der Waals surface area contributed by atoms with Crippen LogP contribution in [0.15, 0.2) is 48.5 Å². The molecule has 4 rings (SSSR count). The molecule has 0 spiro atoms. The molecule has 148 valence electrons. The van der Waals surface area contributed by atoms with Gasteiger partial charge in [-0.3, -0.25) is 14.9 Å². The molecule has 8 heteroatoms. The number of hydrogen-bond acceptors (Lipinski definition) is 7. The second-order valence-electron chi connectivity index (χ2n) is 6.16. The number of thiazole rings is 1. The molecule has 1 N–H and O–H groups in total. The van der Waals surface area contributed by atoms with Crippen LogP contribution in [0.3, 0.4) is 0 Å². The van der Waals surface area contributed by atoms with Gasteiger partial charge in [-0.15, -0.1) is 11.3 Å². The quantitative estimate of drug-likeness (QED) is 0.621. The van der Waals surface area contributed by atoms with Crippen LogP contribution >= 0.6 is 11.3 Å². The Hall–Kier alpha value is -3.39. The van der Waals surface area contributed by atoms with Crippen LogP contribution in [0, 0.1) is 0 Å². The molecule has 0 aliphatic carbocycles. The first-order valence-electron chi connectivity index (χ1n) is 9.06. The van der Waals surface area contributed by atoms with Gasteiger partial charge in [0.15, 0.2) is 16.6 Å². The van der Waals surface area contributed by atoms with E-state index in [-0.39, 0.29) is 25.1 Å². The summed E-state index contributed by atoms with van der Waals surface area (Å²) in [5, 5.41) is 3.21. The highest BCUT2D eigenvalue weighted by Gasteiger charge is 2.20. The van der Waals surface area contributed by atoms with E-state index in [2.05, 4.69) is 10.3 Å². The highest BCUT2D eigenvalue weighted by molar-refractivity contribution is 7.16. The molecule has 0 bridgehead atoms. The van der Waals surface area contributed by atoms with Crippen LogP contribution in [0.2, 0.25) is 0 Å². The van der Waals surface area contributed by atoms with E-state index in [1.54, 1.807) is 25.1 Å². The Morgan fingerprint density at radius 3 is 2.72 bits per heavy atom. The molecular formula is C21H18N2O5S. The normalized spacial score (nSPS) is 11.9. The first kappa shape index (κ1) is 18.9. The Labute approximate surface area is 171 Å². The second kappa shape index (κ2) is 8.32. The van der Waals surface area contributed by atoms with Crippen molar-refractivity contribution >= 4 is 28.3 Å². The number of esters is 1. The molecular weight excluding hydrogens is 392 g/mol. The summed E-state index contributed by atoms with van der Waals surface area (Å²) < 4.78 is 15.7. The highest BCUT2D eigenvalue weighted by Crippen LogP contribution is 2.34. The van der Waals surface area contributed by atoms with Crippen molar-refractivity contribution in [3.05, 3.63) is 59.0 Å². The van der Waals surface area contributed by atoms with Crippen molar-refractivity contribution in [1.82, 2.24) is 4.98 Å². The highest BCUT2D eigenvalue weighted by atomic mass is 32.1. The lowest BCUT2D eigenvalue weighted by Crippen LogP contribution is -2.11. The number of benzene rings is 2. The SMILES string of the molecule is CCOC(=O)Cc1sc(NC(=O)c2ccc3c(c2)OCO3)nc1-c1ccccc1. The van der Waals surface area contributed by atoms with Gasteiger partial charge in [-0.05, 0) is 25.1 Å². The van der Waals surface area contributed by atoms with Crippen LogP contribution in [0.25, 0.3) is 11.3 Å². The van der Waals surface area contributed by atoms with Crippen LogP contribution in [0.4, 0.5) is 5.13 Å². The Bertz CT molecular complexity index is 1050. The minimum absolute atomic E-state index is 0.0929. The Balaban J connectivity index is 1.59. The number of anilines is 1. The Morgan fingerprint density at radius 1 is 1.14 bits per heavy atom. The van der Waals surface area contributed by atoms with Gasteiger partial charge in [0, 0.05) is 16.0 Å². The van der Waals surface area contributed by atoms with E-state index in [1.807, 2.05) is 30.3 Å². The van der Waals surface area contributed by atoms with Crippen LogP contribution < -0.4 is 14.8 Å². The van der Waals surface area contributed by atoms with Crippen molar-refractivity contribution in [3.8, 4) is 22.8 Å². The standard InChI is InChI=1S/C21H18N2O5S/c1-2-26-18(24)11-17-19(13-6-4-3-5-7-13)22-21(29-17)23-20(25)14-8-9-15-16(10-14)28-12-27-15/h3-10H,2,11-12H2,1H3,(H,22,23,25). The monoisotopic (exact) mass is 410 g/mol. The maximum absolute atomic E-state index is 12.7. The molecule has 3 aromatic rings. The zero-order chi connectivity index (χ0) is 20.2. The molecule has 1 aromatic heterocycles. The first-order valence-corrected chi connectivity index (χ1v) is 9.87. The number of fused-ring (bicyclic) bond motifs is 1. The predicted molar refractivity (Wildman–Crippen MR) is 108 cm³/mol. The maximum Gasteiger partial charge on any atom is 0.311 e. The smallest absolute Gasteiger partial charge is 0.311 e. The predicted octanol–water partition coefficient (Wildman–Crippen LogP) is 3.90. The average molecular weight is 410 g/mol. The lowest BCUT2D eigenvalue weighted by molar-refractivity contribution is -0.142. The van der Waals surface area contributed by atoms with Gasteiger partial charge in [0.25, 0.3) is 5.91 Å². The van der Waals surface area contributed by atoms with E-state index in [0.717, 1.165) is 10.4 Å². The molecule has 0 fully saturated rings. The molecule has 29 heavy (non-hydrogen) atoms. The fraction of sp³-hybridized carbons (Fsp3) is 0.190. The topological polar surface area (TPSA) is 86.8 Å². The Kier molecular flexibility index (Phi) is 5.44. The number of carbonyl (C=O) groups is 2. The van der Waals surface area contributed by atoms with Crippen molar-refractivity contribution in [2.75, 3.05) is 18.7 Å². The molecule has 1 aliphatic heterocycles. The number of carbonyl (C=O) groups excluding carboxylic acids is 2. The molecule has 0 radical (unpaired) electrons. The van der Waals surface area contributed by atoms with Crippen molar-refractivity contribution in [2.24, 2.45) is 0 Å². The molecule has 7 nitrogen and oxygen atoms in total. The summed E-state index contributed by atoms with van der Waals surface area (Å²) in [6, 6.07) is 14.5. The summed E-state index contributed by atoms with van der Waals surface area (Å²) in [5.41, 5.74) is 1.95. The van der Waals surface area contributed by atoms with Crippen LogP contribution in [-0.2, 0) is 16.0 Å². The third-order valence-electron chi connectivity index (χ3n) is 4.21. The summed E-state index contributed by atoms with van der Waals surface area (Å²) in [4.78, 5) is 30.0. The molecule has 2 aromatic carbocycles. The van der Waals surface area contributed by atoms with E-state index >= 15 is 0 Å². The van der Waals surface area contributed by atoms with Gasteiger partial charge in [-0.25, -0.2) is 4.98 Å². The number of aromatic nitrogens is 1. The van der Waals surface area contributed by atoms with Gasteiger partial charge in [0.2, 0.25) is 6.79 Å². The van der Waals surface area contributed by atoms with Gasteiger partial charge < -0.3 is 14.2 Å². The number of nitrogens with zero attached hydrogens (tertiary/aromatic N) is 1. The maximum atomic E-state index is 12.7. The third-order valence-corrected chi connectivity index (χ3v) is 5.18. The fourth-order valence-corrected chi connectivity index (χ4v) is 3.86. The first-order chi connectivity index (χ1) is 14.1. The molecule has 0 saturated carbocycles. The van der Waals surface area contributed by atoms with Gasteiger partial charge in [-0.2, -0.15) is 0 Å². The van der Waals surface area contributed by atoms with E-state index < -0.39 is 0 Å². The van der Waals surface area contributed by atoms with Gasteiger partial charge in [-0.1, -0.05) is 30.3 Å². The van der Waals surface area contributed by atoms with Crippen LogP contribution in [-0.4, -0.2) is 30.3 Å². The van der Waals surface area contributed by atoms with Crippen molar-refractivity contribution in [1.29, 1.82) is 0 Å². The van der Waals surface area contributed by atoms with Crippen molar-refractivity contribution in [3.63, 3.8) is 0 Å². The summed E-state index contributed by atoms with van der Waals surface area (Å²) in [7, 11) is 0. The summed E-state index contributed by atoms with van der Waals surface area (Å²) in [6.07, 6.45) is 0.0929. The van der Waals surface area contributed by atoms with Gasteiger partial charge in [0.05, 0.1) is 18.7 Å². The van der Waals surface area contributed by atoms with Gasteiger partial charge >= 0.3 is 5.97 Å². The zero-order valence-electron chi connectivity index (χ0n) is 15.6. The van der Waals surface area contributed by atoms with E-state index in [9.17, 15) is 9.59 Å². The average Bonchev–Trinajstić information content (AvgIpc) is 3.35. The molecule has 0 atom stereocenters. The molecule has 0 unspecified atom stereocenters. The second-order valence-corrected chi connectivity index (χ2v) is 7.24. The molecule has 0 saturated heterocycles. The van der Waals surface area contributed by atoms with Crippen molar-refractivity contribution < 1.29 is 23.8 Å². The van der Waals surface area contributed by atoms with E-state index in [1.165, 1.54) is 11.3 Å². The molecule has 1 amide bonds. The largest absolute Gasteiger partial charge is 0.466 e. The summed E-state index contributed by atoms with van der Waals surface area (Å²) in [6.45, 7) is 2.22. The number of amides is 1. The van der Waals surface area contributed by atoms with Gasteiger partial charge in [0.1, 0.15) is 0 Å². The lowest BCUT2D eigenvalue weighted by atomic mass is 10.1. The fourth-order valence-electron chi connectivity index (χ4n) is 2.90.